The van der Waals surface area contributed by atoms with Gasteiger partial charge < -0.3 is 35.1 Å². The van der Waals surface area contributed by atoms with Gasteiger partial charge in [-0.3, -0.25) is 19.9 Å². The van der Waals surface area contributed by atoms with Crippen molar-refractivity contribution >= 4 is 11.6 Å². The lowest BCUT2D eigenvalue weighted by Gasteiger charge is -2.29. The summed E-state index contributed by atoms with van der Waals surface area (Å²) < 4.78 is 11.6. The van der Waals surface area contributed by atoms with Crippen LogP contribution in [0, 0.1) is 10.1 Å². The minimum absolute atomic E-state index is 0.121. The summed E-state index contributed by atoms with van der Waals surface area (Å²) in [6, 6.07) is 19.2. The van der Waals surface area contributed by atoms with Crippen LogP contribution in [-0.4, -0.2) is 84.9 Å². The third kappa shape index (κ3) is 10.5. The fraction of sp³-hybridized carbons (Fsp3) is 0.318. The molecular formula is C44H48N10O4. The highest BCUT2D eigenvalue weighted by Crippen LogP contribution is 2.33. The van der Waals surface area contributed by atoms with Crippen molar-refractivity contribution in [2.24, 2.45) is 0 Å². The number of nitrogens with two attached hydrogens (primary N) is 1. The first kappa shape index (κ1) is 39.8. The number of likely N-dealkylation sites (tertiary alicyclic amines) is 2. The van der Waals surface area contributed by atoms with Crippen molar-refractivity contribution in [1.29, 1.82) is 0 Å². The number of rotatable bonds is 11. The molecule has 8 heterocycles. The van der Waals surface area contributed by atoms with Crippen LogP contribution in [0.4, 0.5) is 11.6 Å². The minimum Gasteiger partial charge on any atom is -0.485 e. The smallest absolute Gasteiger partial charge is 0.406 e. The molecule has 0 saturated carbocycles. The highest BCUT2D eigenvalue weighted by molar-refractivity contribution is 5.64. The van der Waals surface area contributed by atoms with Crippen LogP contribution in [0.5, 0.6) is 11.5 Å². The molecule has 2 N–H and O–H groups in total. The minimum atomic E-state index is -0.539. The summed E-state index contributed by atoms with van der Waals surface area (Å²) in [5, 5.41) is 11.4. The van der Waals surface area contributed by atoms with Crippen LogP contribution in [-0.2, 0) is 13.2 Å². The maximum Gasteiger partial charge on any atom is 0.406 e. The van der Waals surface area contributed by atoms with Gasteiger partial charge in [-0.05, 0) is 152 Å². The van der Waals surface area contributed by atoms with E-state index in [0.29, 0.717) is 41.3 Å². The number of pyridine rings is 6. The number of anilines is 1. The largest absolute Gasteiger partial charge is 0.485 e. The summed E-state index contributed by atoms with van der Waals surface area (Å²) in [7, 11) is 4.33. The summed E-state index contributed by atoms with van der Waals surface area (Å²) in [6.07, 6.45) is 18.5. The molecule has 2 aliphatic heterocycles. The van der Waals surface area contributed by atoms with E-state index < -0.39 is 4.92 Å². The monoisotopic (exact) mass is 780 g/mol. The molecule has 0 bridgehead atoms. The third-order valence-electron chi connectivity index (χ3n) is 10.7. The number of piperidine rings is 2. The number of nitrogens with zero attached hydrogens (tertiary/aromatic N) is 9. The van der Waals surface area contributed by atoms with Crippen molar-refractivity contribution in [2.75, 3.05) is 46.0 Å². The quantitative estimate of drug-likeness (QED) is 0.102. The highest BCUT2D eigenvalue weighted by atomic mass is 16.6. The second-order valence-corrected chi connectivity index (χ2v) is 14.8. The number of hydrogen-bond acceptors (Lipinski definition) is 13. The van der Waals surface area contributed by atoms with Crippen molar-refractivity contribution in [1.82, 2.24) is 39.7 Å². The molecule has 298 valence electrons. The molecule has 6 aromatic heterocycles. The summed E-state index contributed by atoms with van der Waals surface area (Å²) in [5.74, 6) is 1.88. The van der Waals surface area contributed by atoms with Gasteiger partial charge in [-0.15, -0.1) is 0 Å². The SMILES string of the molecule is CN1CCC(c2ccc(-c3cnc(N)c(OCc4ccncc4)c3)nc2)CC1.CN1CCC(c2ccc(-c3cnc([N+](=O)[O-])c(OCc4ccncc4)c3)nc2)CC1. The maximum absolute atomic E-state index is 11.4. The molecule has 0 spiro atoms. The Labute approximate surface area is 338 Å². The maximum atomic E-state index is 11.4. The molecule has 2 aliphatic rings. The fourth-order valence-electron chi connectivity index (χ4n) is 7.13. The lowest BCUT2D eigenvalue weighted by molar-refractivity contribution is -0.390. The number of nitro groups is 1. The molecule has 14 nitrogen and oxygen atoms in total. The molecule has 2 fully saturated rings. The van der Waals surface area contributed by atoms with Crippen molar-refractivity contribution < 1.29 is 14.4 Å². The number of nitrogen functional groups attached to an aromatic ring is 1. The van der Waals surface area contributed by atoms with E-state index in [1.165, 1.54) is 30.2 Å². The molecule has 0 amide bonds. The summed E-state index contributed by atoms with van der Waals surface area (Å²) in [4.78, 5) is 41.1. The second kappa shape index (κ2) is 19.2. The van der Waals surface area contributed by atoms with Gasteiger partial charge in [0, 0.05) is 60.6 Å². The van der Waals surface area contributed by atoms with E-state index in [-0.39, 0.29) is 18.2 Å². The molecule has 14 heteroatoms. The van der Waals surface area contributed by atoms with Crippen LogP contribution in [0.1, 0.15) is 59.8 Å². The van der Waals surface area contributed by atoms with Gasteiger partial charge in [0.1, 0.15) is 19.4 Å². The molecule has 0 atom stereocenters. The Morgan fingerprint density at radius 3 is 1.53 bits per heavy atom. The first-order valence-corrected chi connectivity index (χ1v) is 19.5. The van der Waals surface area contributed by atoms with E-state index in [0.717, 1.165) is 61.4 Å². The van der Waals surface area contributed by atoms with Crippen LogP contribution in [0.2, 0.25) is 0 Å². The Balaban J connectivity index is 0.000000177. The summed E-state index contributed by atoms with van der Waals surface area (Å²) >= 11 is 0. The second-order valence-electron chi connectivity index (χ2n) is 14.8. The molecule has 2 saturated heterocycles. The zero-order valence-corrected chi connectivity index (χ0v) is 32.9. The molecule has 8 rings (SSSR count). The van der Waals surface area contributed by atoms with Gasteiger partial charge in [0.2, 0.25) is 5.75 Å². The number of aromatic nitrogens is 6. The van der Waals surface area contributed by atoms with E-state index >= 15 is 0 Å². The van der Waals surface area contributed by atoms with Crippen LogP contribution in [0.25, 0.3) is 22.5 Å². The van der Waals surface area contributed by atoms with Gasteiger partial charge in [0.05, 0.1) is 11.4 Å². The van der Waals surface area contributed by atoms with Crippen molar-refractivity contribution in [3.05, 3.63) is 143 Å². The van der Waals surface area contributed by atoms with E-state index in [9.17, 15) is 10.1 Å². The first-order chi connectivity index (χ1) is 28.3. The van der Waals surface area contributed by atoms with Crippen LogP contribution in [0.15, 0.2) is 110 Å². The molecule has 0 unspecified atom stereocenters. The van der Waals surface area contributed by atoms with Gasteiger partial charge in [0.25, 0.3) is 0 Å². The van der Waals surface area contributed by atoms with Crippen LogP contribution in [0.3, 0.4) is 0 Å². The van der Waals surface area contributed by atoms with Gasteiger partial charge >= 0.3 is 5.82 Å². The molecule has 0 radical (unpaired) electrons. The molecular weight excluding hydrogens is 733 g/mol. The lowest BCUT2D eigenvalue weighted by Crippen LogP contribution is -2.29. The number of ether oxygens (including phenoxy) is 2. The summed E-state index contributed by atoms with van der Waals surface area (Å²) in [6.45, 7) is 5.09. The topological polar surface area (TPSA) is 171 Å². The van der Waals surface area contributed by atoms with Gasteiger partial charge in [0.15, 0.2) is 11.6 Å². The van der Waals surface area contributed by atoms with Gasteiger partial charge in [-0.1, -0.05) is 12.1 Å². The normalized spacial score (nSPS) is 15.3. The molecule has 6 aromatic rings. The van der Waals surface area contributed by atoms with Gasteiger partial charge in [-0.2, -0.15) is 0 Å². The van der Waals surface area contributed by atoms with Crippen molar-refractivity contribution in [2.45, 2.75) is 50.7 Å². The third-order valence-corrected chi connectivity index (χ3v) is 10.7. The van der Waals surface area contributed by atoms with E-state index in [1.807, 2.05) is 36.7 Å². The average Bonchev–Trinajstić information content (AvgIpc) is 3.27. The molecule has 58 heavy (non-hydrogen) atoms. The predicted octanol–water partition coefficient (Wildman–Crippen LogP) is 7.34. The Hall–Kier alpha value is -6.38. The van der Waals surface area contributed by atoms with Crippen LogP contribution >= 0.6 is 0 Å². The predicted molar refractivity (Wildman–Crippen MR) is 222 cm³/mol. The standard InChI is InChI=1S/C22H23N5O3.C22H25N5O/c1-26-10-6-17(7-11-26)18-2-3-20(24-13-18)19-12-21(22(25-14-19)27(28)29)30-15-16-4-8-23-9-5-16;1-27-10-6-17(7-11-27)18-2-3-20(25-13-18)19-12-21(22(23)26-14-19)28-15-16-4-8-24-9-5-16/h2-5,8-9,12-14,17H,6-7,10-11,15H2,1H3;2-5,8-9,12-14,17H,6-7,10-11,15H2,1H3,(H2,23,26). The first-order valence-electron chi connectivity index (χ1n) is 19.5. The Kier molecular flexibility index (Phi) is 13.2. The van der Waals surface area contributed by atoms with E-state index in [1.54, 1.807) is 49.2 Å². The Morgan fingerprint density at radius 1 is 0.638 bits per heavy atom. The lowest BCUT2D eigenvalue weighted by atomic mass is 9.90. The highest BCUT2D eigenvalue weighted by Gasteiger charge is 2.22. The van der Waals surface area contributed by atoms with Gasteiger partial charge in [-0.25, -0.2) is 4.98 Å². The Morgan fingerprint density at radius 2 is 1.09 bits per heavy atom. The van der Waals surface area contributed by atoms with E-state index in [4.69, 9.17) is 15.2 Å². The zero-order valence-electron chi connectivity index (χ0n) is 32.9. The fourth-order valence-corrected chi connectivity index (χ4v) is 7.13. The zero-order chi connectivity index (χ0) is 40.3. The summed E-state index contributed by atoms with van der Waals surface area (Å²) in [5.41, 5.74) is 13.6. The Bertz CT molecular complexity index is 2230. The van der Waals surface area contributed by atoms with Crippen molar-refractivity contribution in [3.8, 4) is 34.0 Å². The molecule has 0 aromatic carbocycles. The molecule has 0 aliphatic carbocycles. The van der Waals surface area contributed by atoms with Crippen LogP contribution < -0.4 is 15.2 Å². The number of hydrogen-bond donors (Lipinski definition) is 1. The van der Waals surface area contributed by atoms with Crippen molar-refractivity contribution in [3.63, 3.8) is 0 Å². The van der Waals surface area contributed by atoms with E-state index in [2.05, 4.69) is 72.0 Å². The average molecular weight is 781 g/mol.